The molecule has 0 atom stereocenters. The van der Waals surface area contributed by atoms with Crippen LogP contribution in [0, 0.1) is 13.8 Å². The van der Waals surface area contributed by atoms with E-state index in [-0.39, 0.29) is 5.91 Å². The van der Waals surface area contributed by atoms with E-state index >= 15 is 0 Å². The molecule has 27 heavy (non-hydrogen) atoms. The molecule has 136 valence electrons. The van der Waals surface area contributed by atoms with Gasteiger partial charge in [-0.15, -0.1) is 11.3 Å². The molecule has 1 amide bonds. The number of amides is 1. The topological polar surface area (TPSA) is 68.0 Å². The van der Waals surface area contributed by atoms with Gasteiger partial charge >= 0.3 is 0 Å². The number of benzene rings is 2. The molecule has 0 spiro atoms. The zero-order valence-electron chi connectivity index (χ0n) is 15.2. The number of carbonyl (C=O) groups is 1. The molecule has 6 heteroatoms. The summed E-state index contributed by atoms with van der Waals surface area (Å²) in [6.45, 7) is 3.76. The number of carbonyl (C=O) groups excluding carboxylic acids is 1. The van der Waals surface area contributed by atoms with Gasteiger partial charge in [-0.05, 0) is 31.0 Å². The first kappa shape index (κ1) is 17.4. The second-order valence-electron chi connectivity index (χ2n) is 6.42. The maximum atomic E-state index is 12.3. The summed E-state index contributed by atoms with van der Waals surface area (Å²) in [5.74, 6) is 0.710. The van der Waals surface area contributed by atoms with Crippen molar-refractivity contribution in [3.05, 3.63) is 64.9 Å². The van der Waals surface area contributed by atoms with Crippen molar-refractivity contribution in [1.82, 2.24) is 10.1 Å². The molecule has 0 aliphatic carbocycles. The molecule has 2 aromatic carbocycles. The van der Waals surface area contributed by atoms with Gasteiger partial charge in [-0.25, -0.2) is 4.98 Å². The normalized spacial score (nSPS) is 11.0. The second-order valence-corrected chi connectivity index (χ2v) is 7.27. The molecule has 0 aliphatic heterocycles. The molecular weight excluding hydrogens is 358 g/mol. The first-order chi connectivity index (χ1) is 13.1. The standard InChI is InChI=1S/C21H19N3O2S/c1-13-16(14(2)26-24-13)10-11-20(25)23-21-22-19(12-27-21)18-9-5-7-15-6-3-4-8-17(15)18/h3-9,12H,10-11H2,1-2H3,(H,22,23,25). The fraction of sp³-hybridized carbons (Fsp3) is 0.190. The Balaban J connectivity index is 1.47. The lowest BCUT2D eigenvalue weighted by Crippen LogP contribution is -2.12. The van der Waals surface area contributed by atoms with Crippen LogP contribution in [0.25, 0.3) is 22.0 Å². The lowest BCUT2D eigenvalue weighted by molar-refractivity contribution is -0.116. The SMILES string of the molecule is Cc1noc(C)c1CCC(=O)Nc1nc(-c2cccc3ccccc23)cs1. The number of fused-ring (bicyclic) bond motifs is 1. The van der Waals surface area contributed by atoms with E-state index in [1.54, 1.807) is 0 Å². The van der Waals surface area contributed by atoms with Crippen LogP contribution in [0.1, 0.15) is 23.4 Å². The fourth-order valence-electron chi connectivity index (χ4n) is 3.18. The van der Waals surface area contributed by atoms with E-state index in [2.05, 4.69) is 39.7 Å². The molecule has 0 bridgehead atoms. The molecule has 1 N–H and O–H groups in total. The average Bonchev–Trinajstić information content (AvgIpc) is 3.26. The number of hydrogen-bond donors (Lipinski definition) is 1. The molecule has 5 nitrogen and oxygen atoms in total. The molecule has 4 aromatic rings. The number of rotatable bonds is 5. The molecule has 0 radical (unpaired) electrons. The average molecular weight is 377 g/mol. The largest absolute Gasteiger partial charge is 0.361 e. The van der Waals surface area contributed by atoms with Gasteiger partial charge in [0.1, 0.15) is 5.76 Å². The monoisotopic (exact) mass is 377 g/mol. The van der Waals surface area contributed by atoms with Crippen molar-refractivity contribution in [3.8, 4) is 11.3 Å². The Labute approximate surface area is 161 Å². The molecule has 2 aromatic heterocycles. The van der Waals surface area contributed by atoms with E-state index in [9.17, 15) is 4.79 Å². The Morgan fingerprint density at radius 2 is 1.96 bits per heavy atom. The minimum absolute atomic E-state index is 0.0613. The van der Waals surface area contributed by atoms with E-state index in [1.165, 1.54) is 16.7 Å². The number of aromatic nitrogens is 2. The van der Waals surface area contributed by atoms with Gasteiger partial charge in [-0.1, -0.05) is 47.6 Å². The summed E-state index contributed by atoms with van der Waals surface area (Å²) in [5, 5.41) is 11.7. The summed E-state index contributed by atoms with van der Waals surface area (Å²) in [7, 11) is 0. The third-order valence-electron chi connectivity index (χ3n) is 4.60. The third-order valence-corrected chi connectivity index (χ3v) is 5.36. The molecule has 0 saturated carbocycles. The van der Waals surface area contributed by atoms with Gasteiger partial charge in [0.05, 0.1) is 11.4 Å². The van der Waals surface area contributed by atoms with Crippen LogP contribution in [-0.4, -0.2) is 16.0 Å². The van der Waals surface area contributed by atoms with Crippen molar-refractivity contribution in [2.24, 2.45) is 0 Å². The zero-order chi connectivity index (χ0) is 18.8. The highest BCUT2D eigenvalue weighted by atomic mass is 32.1. The molecule has 2 heterocycles. The highest BCUT2D eigenvalue weighted by molar-refractivity contribution is 7.14. The Morgan fingerprint density at radius 1 is 1.15 bits per heavy atom. The van der Waals surface area contributed by atoms with E-state index in [4.69, 9.17) is 4.52 Å². The van der Waals surface area contributed by atoms with Crippen LogP contribution in [0.3, 0.4) is 0 Å². The van der Waals surface area contributed by atoms with Gasteiger partial charge in [-0.2, -0.15) is 0 Å². The van der Waals surface area contributed by atoms with E-state index in [0.29, 0.717) is 18.0 Å². The van der Waals surface area contributed by atoms with Crippen LogP contribution in [0.2, 0.25) is 0 Å². The molecule has 4 rings (SSSR count). The van der Waals surface area contributed by atoms with Crippen molar-refractivity contribution < 1.29 is 9.32 Å². The van der Waals surface area contributed by atoms with Crippen molar-refractivity contribution in [2.75, 3.05) is 5.32 Å². The van der Waals surface area contributed by atoms with Gasteiger partial charge in [0.25, 0.3) is 0 Å². The summed E-state index contributed by atoms with van der Waals surface area (Å²) >= 11 is 1.44. The van der Waals surface area contributed by atoms with Gasteiger partial charge in [0, 0.05) is 22.9 Å². The quantitative estimate of drug-likeness (QED) is 0.523. The van der Waals surface area contributed by atoms with Crippen molar-refractivity contribution >= 4 is 33.1 Å². The van der Waals surface area contributed by atoms with Crippen molar-refractivity contribution in [2.45, 2.75) is 26.7 Å². The zero-order valence-corrected chi connectivity index (χ0v) is 16.0. The lowest BCUT2D eigenvalue weighted by atomic mass is 10.0. The second kappa shape index (κ2) is 7.32. The molecule has 0 unspecified atom stereocenters. The summed E-state index contributed by atoms with van der Waals surface area (Å²) in [4.78, 5) is 16.9. The predicted molar refractivity (Wildman–Crippen MR) is 108 cm³/mol. The number of hydrogen-bond acceptors (Lipinski definition) is 5. The van der Waals surface area contributed by atoms with Gasteiger partial charge < -0.3 is 9.84 Å². The summed E-state index contributed by atoms with van der Waals surface area (Å²) in [5.41, 5.74) is 3.78. The van der Waals surface area contributed by atoms with E-state index < -0.39 is 0 Å². The predicted octanol–water partition coefficient (Wildman–Crippen LogP) is 5.14. The van der Waals surface area contributed by atoms with Crippen LogP contribution in [0.4, 0.5) is 5.13 Å². The number of nitrogens with one attached hydrogen (secondary N) is 1. The number of anilines is 1. The van der Waals surface area contributed by atoms with Crippen molar-refractivity contribution in [3.63, 3.8) is 0 Å². The maximum absolute atomic E-state index is 12.3. The van der Waals surface area contributed by atoms with Crippen molar-refractivity contribution in [1.29, 1.82) is 0 Å². The molecule has 0 fully saturated rings. The Hall–Kier alpha value is -2.99. The van der Waals surface area contributed by atoms with Crippen LogP contribution in [0.15, 0.2) is 52.4 Å². The van der Waals surface area contributed by atoms with Gasteiger partial charge in [0.2, 0.25) is 5.91 Å². The van der Waals surface area contributed by atoms with Gasteiger partial charge in [0.15, 0.2) is 5.13 Å². The Bertz CT molecular complexity index is 1090. The summed E-state index contributed by atoms with van der Waals surface area (Å²) < 4.78 is 5.14. The summed E-state index contributed by atoms with van der Waals surface area (Å²) in [6.07, 6.45) is 0.973. The first-order valence-electron chi connectivity index (χ1n) is 8.77. The molecule has 0 saturated heterocycles. The van der Waals surface area contributed by atoms with Crippen LogP contribution >= 0.6 is 11.3 Å². The fourth-order valence-corrected chi connectivity index (χ4v) is 3.91. The minimum Gasteiger partial charge on any atom is -0.361 e. The number of aryl methyl sites for hydroxylation is 2. The maximum Gasteiger partial charge on any atom is 0.226 e. The van der Waals surface area contributed by atoms with E-state index in [1.807, 2.05) is 37.4 Å². The number of nitrogens with zero attached hydrogens (tertiary/aromatic N) is 2. The lowest BCUT2D eigenvalue weighted by Gasteiger charge is -2.04. The number of thiazole rings is 1. The van der Waals surface area contributed by atoms with Crippen LogP contribution < -0.4 is 5.32 Å². The molecular formula is C21H19N3O2S. The van der Waals surface area contributed by atoms with Crippen LogP contribution in [-0.2, 0) is 11.2 Å². The molecule has 0 aliphatic rings. The van der Waals surface area contributed by atoms with Crippen LogP contribution in [0.5, 0.6) is 0 Å². The minimum atomic E-state index is -0.0613. The Morgan fingerprint density at radius 3 is 2.78 bits per heavy atom. The first-order valence-corrected chi connectivity index (χ1v) is 9.65. The highest BCUT2D eigenvalue weighted by Gasteiger charge is 2.13. The summed E-state index contributed by atoms with van der Waals surface area (Å²) in [6, 6.07) is 14.4. The highest BCUT2D eigenvalue weighted by Crippen LogP contribution is 2.31. The van der Waals surface area contributed by atoms with E-state index in [0.717, 1.165) is 33.7 Å². The third kappa shape index (κ3) is 3.61. The smallest absolute Gasteiger partial charge is 0.226 e. The Kier molecular flexibility index (Phi) is 4.73. The van der Waals surface area contributed by atoms with Gasteiger partial charge in [-0.3, -0.25) is 4.79 Å².